The molecule has 1 saturated heterocycles. The van der Waals surface area contributed by atoms with Gasteiger partial charge in [0.2, 0.25) is 0 Å². The molecule has 2 N–H and O–H groups in total. The Bertz CT molecular complexity index is 1420. The molecule has 38 heavy (non-hydrogen) atoms. The fourth-order valence-electron chi connectivity index (χ4n) is 4.04. The number of amides is 2. The number of hydrogen-bond acceptors (Lipinski definition) is 7. The number of aromatic nitrogens is 2. The smallest absolute Gasteiger partial charge is 0.258 e. The number of nitrogens with zero attached hydrogens (tertiary/aromatic N) is 3. The maximum absolute atomic E-state index is 12.9. The lowest BCUT2D eigenvalue weighted by Crippen LogP contribution is -2.36. The van der Waals surface area contributed by atoms with Gasteiger partial charge in [0.05, 0.1) is 18.8 Å². The summed E-state index contributed by atoms with van der Waals surface area (Å²) in [7, 11) is 0. The second kappa shape index (κ2) is 11.4. The summed E-state index contributed by atoms with van der Waals surface area (Å²) in [4.78, 5) is 47.7. The standard InChI is InChI=1S/C29H25N5O4/c35-27(21-3-9-25(10-4-21)33-29(37)23-17-30-19-31-18-23)20-1-7-24(8-2-20)32-28(36)22-5-11-26(12-6-22)34-13-15-38-16-14-34/h1-12,17-19H,13-16H2,(H,32,36)(H,33,37). The summed E-state index contributed by atoms with van der Waals surface area (Å²) >= 11 is 0. The number of benzene rings is 3. The summed E-state index contributed by atoms with van der Waals surface area (Å²) in [6, 6.07) is 20.8. The lowest BCUT2D eigenvalue weighted by atomic mass is 10.0. The van der Waals surface area contributed by atoms with Crippen molar-refractivity contribution in [1.29, 1.82) is 0 Å². The molecule has 190 valence electrons. The highest BCUT2D eigenvalue weighted by molar-refractivity contribution is 6.10. The first-order chi connectivity index (χ1) is 18.6. The van der Waals surface area contributed by atoms with Gasteiger partial charge in [-0.25, -0.2) is 9.97 Å². The van der Waals surface area contributed by atoms with Crippen LogP contribution in [-0.4, -0.2) is 53.9 Å². The highest BCUT2D eigenvalue weighted by atomic mass is 16.5. The van der Waals surface area contributed by atoms with Crippen molar-refractivity contribution in [2.75, 3.05) is 41.8 Å². The van der Waals surface area contributed by atoms with Crippen LogP contribution in [0.2, 0.25) is 0 Å². The van der Waals surface area contributed by atoms with Crippen LogP contribution in [0, 0.1) is 0 Å². The van der Waals surface area contributed by atoms with E-state index in [1.807, 2.05) is 12.1 Å². The van der Waals surface area contributed by atoms with Crippen LogP contribution in [-0.2, 0) is 4.74 Å². The fraction of sp³-hybridized carbons (Fsp3) is 0.138. The third kappa shape index (κ3) is 5.91. The van der Waals surface area contributed by atoms with Gasteiger partial charge in [-0.1, -0.05) is 0 Å². The maximum atomic E-state index is 12.9. The summed E-state index contributed by atoms with van der Waals surface area (Å²) in [5, 5.41) is 5.61. The second-order valence-electron chi connectivity index (χ2n) is 8.67. The van der Waals surface area contributed by atoms with E-state index >= 15 is 0 Å². The maximum Gasteiger partial charge on any atom is 0.258 e. The van der Waals surface area contributed by atoms with E-state index in [1.54, 1.807) is 60.7 Å². The van der Waals surface area contributed by atoms with Crippen molar-refractivity contribution in [1.82, 2.24) is 9.97 Å². The number of morpholine rings is 1. The van der Waals surface area contributed by atoms with Gasteiger partial charge in [-0.3, -0.25) is 14.4 Å². The Labute approximate surface area is 219 Å². The Morgan fingerprint density at radius 1 is 0.632 bits per heavy atom. The minimum Gasteiger partial charge on any atom is -0.378 e. The normalized spacial score (nSPS) is 13.0. The molecular formula is C29H25N5O4. The van der Waals surface area contributed by atoms with E-state index in [1.165, 1.54) is 18.7 Å². The van der Waals surface area contributed by atoms with E-state index in [4.69, 9.17) is 4.74 Å². The number of nitrogens with one attached hydrogen (secondary N) is 2. The van der Waals surface area contributed by atoms with Crippen molar-refractivity contribution in [2.45, 2.75) is 0 Å². The van der Waals surface area contributed by atoms with Gasteiger partial charge < -0.3 is 20.3 Å². The molecule has 0 atom stereocenters. The van der Waals surface area contributed by atoms with E-state index in [9.17, 15) is 14.4 Å². The number of carbonyl (C=O) groups excluding carboxylic acids is 3. The van der Waals surface area contributed by atoms with Gasteiger partial charge in [0, 0.05) is 59.2 Å². The molecule has 0 saturated carbocycles. The molecule has 0 bridgehead atoms. The predicted molar refractivity (Wildman–Crippen MR) is 144 cm³/mol. The minimum absolute atomic E-state index is 0.170. The average Bonchev–Trinajstić information content (AvgIpc) is 2.98. The Kier molecular flexibility index (Phi) is 7.47. The van der Waals surface area contributed by atoms with Gasteiger partial charge in [0.15, 0.2) is 5.78 Å². The Hall–Kier alpha value is -4.89. The molecule has 0 aliphatic carbocycles. The molecule has 0 spiro atoms. The third-order valence-corrected chi connectivity index (χ3v) is 6.14. The van der Waals surface area contributed by atoms with Crippen molar-refractivity contribution < 1.29 is 19.1 Å². The number of ether oxygens (including phenoxy) is 1. The Morgan fingerprint density at radius 3 is 1.63 bits per heavy atom. The zero-order chi connectivity index (χ0) is 26.3. The molecule has 1 fully saturated rings. The molecule has 1 aromatic heterocycles. The van der Waals surface area contributed by atoms with E-state index in [0.29, 0.717) is 46.8 Å². The van der Waals surface area contributed by atoms with Crippen molar-refractivity contribution in [3.05, 3.63) is 114 Å². The van der Waals surface area contributed by atoms with Crippen LogP contribution in [0.3, 0.4) is 0 Å². The van der Waals surface area contributed by atoms with Gasteiger partial charge in [0.1, 0.15) is 6.33 Å². The number of anilines is 3. The van der Waals surface area contributed by atoms with Crippen LogP contribution in [0.5, 0.6) is 0 Å². The quantitative estimate of drug-likeness (QED) is 0.363. The lowest BCUT2D eigenvalue weighted by Gasteiger charge is -2.28. The number of hydrogen-bond donors (Lipinski definition) is 2. The molecule has 0 unspecified atom stereocenters. The molecule has 9 heteroatoms. The van der Waals surface area contributed by atoms with E-state index in [-0.39, 0.29) is 17.6 Å². The summed E-state index contributed by atoms with van der Waals surface area (Å²) in [6.45, 7) is 3.08. The molecule has 2 amide bonds. The SMILES string of the molecule is O=C(Nc1ccc(C(=O)c2ccc(NC(=O)c3cncnc3)cc2)cc1)c1ccc(N2CCOCC2)cc1. The number of ketones is 1. The topological polar surface area (TPSA) is 114 Å². The van der Waals surface area contributed by atoms with Crippen molar-refractivity contribution in [2.24, 2.45) is 0 Å². The average molecular weight is 508 g/mol. The fourth-order valence-corrected chi connectivity index (χ4v) is 4.04. The Morgan fingerprint density at radius 2 is 1.11 bits per heavy atom. The third-order valence-electron chi connectivity index (χ3n) is 6.14. The van der Waals surface area contributed by atoms with Crippen LogP contribution in [0.4, 0.5) is 17.1 Å². The first-order valence-corrected chi connectivity index (χ1v) is 12.1. The van der Waals surface area contributed by atoms with Crippen LogP contribution < -0.4 is 15.5 Å². The largest absolute Gasteiger partial charge is 0.378 e. The molecule has 4 aromatic rings. The van der Waals surface area contributed by atoms with Crippen LogP contribution >= 0.6 is 0 Å². The molecule has 0 radical (unpaired) electrons. The second-order valence-corrected chi connectivity index (χ2v) is 8.67. The van der Waals surface area contributed by atoms with Gasteiger partial charge in [0.25, 0.3) is 11.8 Å². The van der Waals surface area contributed by atoms with Gasteiger partial charge in [-0.15, -0.1) is 0 Å². The number of rotatable bonds is 7. The molecule has 3 aromatic carbocycles. The molecule has 1 aliphatic rings. The summed E-state index contributed by atoms with van der Waals surface area (Å²) in [5.74, 6) is -0.733. The minimum atomic E-state index is -0.338. The van der Waals surface area contributed by atoms with Crippen molar-refractivity contribution in [3.63, 3.8) is 0 Å². The lowest BCUT2D eigenvalue weighted by molar-refractivity contribution is 0.101. The zero-order valence-electron chi connectivity index (χ0n) is 20.5. The van der Waals surface area contributed by atoms with Crippen LogP contribution in [0.25, 0.3) is 0 Å². The summed E-state index contributed by atoms with van der Waals surface area (Å²) < 4.78 is 5.38. The van der Waals surface area contributed by atoms with E-state index in [0.717, 1.165) is 18.8 Å². The molecule has 2 heterocycles. The Balaban J connectivity index is 1.17. The van der Waals surface area contributed by atoms with Gasteiger partial charge in [-0.2, -0.15) is 0 Å². The first kappa shape index (κ1) is 24.8. The monoisotopic (exact) mass is 507 g/mol. The predicted octanol–water partition coefficient (Wildman–Crippen LogP) is 4.05. The van der Waals surface area contributed by atoms with Gasteiger partial charge >= 0.3 is 0 Å². The van der Waals surface area contributed by atoms with Crippen molar-refractivity contribution >= 4 is 34.7 Å². The van der Waals surface area contributed by atoms with Crippen LogP contribution in [0.1, 0.15) is 36.6 Å². The highest BCUT2D eigenvalue weighted by Crippen LogP contribution is 2.19. The van der Waals surface area contributed by atoms with Crippen molar-refractivity contribution in [3.8, 4) is 0 Å². The molecule has 5 rings (SSSR count). The molecule has 9 nitrogen and oxygen atoms in total. The summed E-state index contributed by atoms with van der Waals surface area (Å²) in [6.07, 6.45) is 4.20. The number of carbonyl (C=O) groups is 3. The molecule has 1 aliphatic heterocycles. The highest BCUT2D eigenvalue weighted by Gasteiger charge is 2.14. The van der Waals surface area contributed by atoms with E-state index in [2.05, 4.69) is 25.5 Å². The van der Waals surface area contributed by atoms with E-state index < -0.39 is 0 Å². The van der Waals surface area contributed by atoms with Crippen LogP contribution in [0.15, 0.2) is 91.5 Å². The zero-order valence-corrected chi connectivity index (χ0v) is 20.5. The summed E-state index contributed by atoms with van der Waals surface area (Å²) in [5.41, 5.74) is 4.05. The van der Waals surface area contributed by atoms with Gasteiger partial charge in [-0.05, 0) is 72.8 Å². The molecular weight excluding hydrogens is 482 g/mol. The first-order valence-electron chi connectivity index (χ1n) is 12.1.